The van der Waals surface area contributed by atoms with Gasteiger partial charge in [-0.15, -0.1) is 0 Å². The van der Waals surface area contributed by atoms with Gasteiger partial charge in [0.1, 0.15) is 34.2 Å². The van der Waals surface area contributed by atoms with Crippen molar-refractivity contribution in [3.63, 3.8) is 0 Å². The van der Waals surface area contributed by atoms with Gasteiger partial charge in [-0.25, -0.2) is 22.3 Å². The van der Waals surface area contributed by atoms with E-state index in [1.807, 2.05) is 93.5 Å². The van der Waals surface area contributed by atoms with Gasteiger partial charge in [0.25, 0.3) is 0 Å². The van der Waals surface area contributed by atoms with Gasteiger partial charge in [-0.3, -0.25) is 0 Å². The second-order valence-electron chi connectivity index (χ2n) is 23.1. The first kappa shape index (κ1) is 67.9. The maximum Gasteiger partial charge on any atom is 0.410 e. The summed E-state index contributed by atoms with van der Waals surface area (Å²) in [7, 11) is -3.03. The molecule has 79 heavy (non-hydrogen) atoms. The van der Waals surface area contributed by atoms with Gasteiger partial charge < -0.3 is 49.0 Å². The van der Waals surface area contributed by atoms with Crippen molar-refractivity contribution in [3.05, 3.63) is 111 Å². The highest BCUT2D eigenvalue weighted by atomic mass is 79.9. The number of phenols is 1. The molecule has 4 aliphatic rings. The number of hydrogen-bond acceptors (Lipinski definition) is 12. The van der Waals surface area contributed by atoms with Crippen LogP contribution in [-0.4, -0.2) is 141 Å². The normalized spacial score (nSPS) is 15.8. The van der Waals surface area contributed by atoms with Gasteiger partial charge in [0.15, 0.2) is 0 Å². The number of likely N-dealkylation sites (tertiary alicyclic amines) is 2. The van der Waals surface area contributed by atoms with Gasteiger partial charge in [-0.1, -0.05) is 63.7 Å². The summed E-state index contributed by atoms with van der Waals surface area (Å²) in [6.45, 7) is 35.5. The van der Waals surface area contributed by atoms with Crippen LogP contribution in [0.5, 0.6) is 23.0 Å². The number of phenolic OH excluding ortho intramolecular Hbond substituents is 1. The molecule has 0 aliphatic carbocycles. The molecule has 0 radical (unpaired) electrons. The number of nitrogens with zero attached hydrogens (tertiary/aromatic N) is 3. The van der Waals surface area contributed by atoms with E-state index in [0.29, 0.717) is 76.0 Å². The average Bonchev–Trinajstić information content (AvgIpc) is 3.25. The third-order valence-electron chi connectivity index (χ3n) is 12.8. The Bertz CT molecular complexity index is 2710. The predicted molar refractivity (Wildman–Crippen MR) is 329 cm³/mol. The molecule has 0 saturated carbocycles. The molecular formula is C59H84Br4N4O11S. The van der Waals surface area contributed by atoms with Crippen LogP contribution in [0.25, 0.3) is 0 Å². The SMILES string of the molecule is CC(C)(C)OC(=O)N1CC(CO)C1.Cc1cc(O)cc(C)c1Br.Cc1cc(OCC2CN(C(=O)OC(C)(C)C)C2)cc(C)c1Br.Cc1cc(OCC2CN(S(C)(=O)=O)C2)cc(C)c1Br.Cc1cc(OCC2CNC2)cc(C)c1Br. The number of carbonyl (C=O) groups excluding carboxylic acids is 2. The highest BCUT2D eigenvalue weighted by Crippen LogP contribution is 2.31. The van der Waals surface area contributed by atoms with Crippen molar-refractivity contribution in [1.82, 2.24) is 19.4 Å². The van der Waals surface area contributed by atoms with Gasteiger partial charge in [-0.2, -0.15) is 0 Å². The van der Waals surface area contributed by atoms with Crippen LogP contribution >= 0.6 is 63.7 Å². The minimum Gasteiger partial charge on any atom is -0.508 e. The summed E-state index contributed by atoms with van der Waals surface area (Å²) < 4.78 is 56.3. The Hall–Kier alpha value is -3.63. The molecule has 4 fully saturated rings. The summed E-state index contributed by atoms with van der Waals surface area (Å²) in [6.07, 6.45) is 0.724. The van der Waals surface area contributed by atoms with Gasteiger partial charge in [0.2, 0.25) is 10.0 Å². The van der Waals surface area contributed by atoms with Gasteiger partial charge in [-0.05, 0) is 190 Å². The number of aryl methyl sites for hydroxylation is 8. The van der Waals surface area contributed by atoms with E-state index >= 15 is 0 Å². The molecule has 0 spiro atoms. The first-order chi connectivity index (χ1) is 36.6. The number of amides is 2. The summed E-state index contributed by atoms with van der Waals surface area (Å²) in [5, 5.41) is 21.1. The molecule has 8 rings (SSSR count). The largest absolute Gasteiger partial charge is 0.508 e. The van der Waals surface area contributed by atoms with Gasteiger partial charge in [0.05, 0.1) is 26.1 Å². The number of aromatic hydroxyl groups is 1. The number of rotatable bonds is 11. The van der Waals surface area contributed by atoms with Crippen molar-refractivity contribution >= 4 is 85.9 Å². The van der Waals surface area contributed by atoms with Crippen LogP contribution < -0.4 is 19.5 Å². The first-order valence-electron chi connectivity index (χ1n) is 26.5. The average molecular weight is 1380 g/mol. The Morgan fingerprint density at radius 2 is 0.797 bits per heavy atom. The van der Waals surface area contributed by atoms with Crippen molar-refractivity contribution < 1.29 is 51.9 Å². The molecule has 0 unspecified atom stereocenters. The number of halogens is 4. The van der Waals surface area contributed by atoms with E-state index in [0.717, 1.165) is 72.6 Å². The molecule has 20 heteroatoms. The summed E-state index contributed by atoms with van der Waals surface area (Å²) in [6, 6.07) is 15.7. The van der Waals surface area contributed by atoms with Crippen LogP contribution in [0, 0.1) is 79.1 Å². The number of aliphatic hydroxyl groups is 1. The Morgan fingerprint density at radius 1 is 0.519 bits per heavy atom. The molecular weight excluding hydrogens is 1290 g/mol. The summed E-state index contributed by atoms with van der Waals surface area (Å²) in [5.41, 5.74) is 8.34. The molecule has 4 aromatic rings. The summed E-state index contributed by atoms with van der Waals surface area (Å²) >= 11 is 14.0. The minimum absolute atomic E-state index is 0.152. The molecule has 4 aliphatic heterocycles. The second-order valence-corrected chi connectivity index (χ2v) is 28.2. The number of aliphatic hydroxyl groups excluding tert-OH is 1. The fourth-order valence-electron chi connectivity index (χ4n) is 8.21. The zero-order valence-corrected chi connectivity index (χ0v) is 55.9. The van der Waals surface area contributed by atoms with E-state index in [2.05, 4.69) is 109 Å². The number of benzene rings is 4. The van der Waals surface area contributed by atoms with E-state index in [9.17, 15) is 18.0 Å². The number of carbonyl (C=O) groups is 2. The molecule has 0 bridgehead atoms. The molecule has 4 heterocycles. The zero-order chi connectivity index (χ0) is 59.3. The Balaban J connectivity index is 0.000000218. The Labute approximate surface area is 504 Å². The summed E-state index contributed by atoms with van der Waals surface area (Å²) in [4.78, 5) is 26.5. The van der Waals surface area contributed by atoms with E-state index in [1.165, 1.54) is 37.3 Å². The standard InChI is InChI=1S/C17H24BrNO3.C13H18BrNO3S.C12H16BrNO.C9H17NO3.C8H9BrO/c1-11-6-14(7-12(2)15(11)18)21-10-13-8-19(9-13)16(20)22-17(3,4)5;1-9-4-12(5-10(2)13(9)14)18-8-11-6-15(7-11)19(3,16)17;1-8-3-11(4-9(2)12(8)13)15-7-10-5-14-6-10;1-9(2,3)13-8(12)10-4-7(5-10)6-11;1-5-3-7(10)4-6(2)8(5)9/h6-7,13H,8-10H2,1-5H3;4-5,11H,6-8H2,1-3H3;3-4,10,14H,5-7H2,1-2H3;7,11H,4-6H2,1-3H3;3-4,10H,1-2H3. The van der Waals surface area contributed by atoms with Crippen LogP contribution in [-0.2, 0) is 19.5 Å². The fraction of sp³-hybridized carbons (Fsp3) is 0.559. The lowest BCUT2D eigenvalue weighted by molar-refractivity contribution is -0.0101. The van der Waals surface area contributed by atoms with Crippen molar-refractivity contribution in [2.75, 3.05) is 85.0 Å². The number of nitrogens with one attached hydrogen (secondary N) is 1. The number of ether oxygens (including phenoxy) is 5. The van der Waals surface area contributed by atoms with E-state index < -0.39 is 21.2 Å². The zero-order valence-electron chi connectivity index (χ0n) is 48.7. The molecule has 4 saturated heterocycles. The molecule has 0 aromatic heterocycles. The smallest absolute Gasteiger partial charge is 0.410 e. The molecule has 440 valence electrons. The van der Waals surface area contributed by atoms with E-state index in [-0.39, 0.29) is 24.7 Å². The van der Waals surface area contributed by atoms with Crippen molar-refractivity contribution in [3.8, 4) is 23.0 Å². The fourth-order valence-corrected chi connectivity index (χ4v) is 10.1. The third kappa shape index (κ3) is 22.6. The van der Waals surface area contributed by atoms with Crippen LogP contribution in [0.3, 0.4) is 0 Å². The monoisotopic (exact) mass is 1370 g/mol. The topological polar surface area (TPSA) is 177 Å². The summed E-state index contributed by atoms with van der Waals surface area (Å²) in [5.74, 6) is 4.64. The van der Waals surface area contributed by atoms with Gasteiger partial charge in [0, 0.05) is 101 Å². The van der Waals surface area contributed by atoms with E-state index in [1.54, 1.807) is 21.9 Å². The second kappa shape index (κ2) is 30.1. The first-order valence-corrected chi connectivity index (χ1v) is 31.5. The molecule has 4 aromatic carbocycles. The molecule has 0 atom stereocenters. The maximum atomic E-state index is 11.8. The molecule has 2 amide bonds. The van der Waals surface area contributed by atoms with Gasteiger partial charge >= 0.3 is 12.2 Å². The van der Waals surface area contributed by atoms with Crippen molar-refractivity contribution in [2.24, 2.45) is 23.7 Å². The van der Waals surface area contributed by atoms with Crippen molar-refractivity contribution in [1.29, 1.82) is 0 Å². The lowest BCUT2D eigenvalue weighted by Gasteiger charge is -2.39. The van der Waals surface area contributed by atoms with Crippen LogP contribution in [0.4, 0.5) is 9.59 Å². The van der Waals surface area contributed by atoms with Crippen LogP contribution in [0.2, 0.25) is 0 Å². The number of sulfonamides is 1. The van der Waals surface area contributed by atoms with E-state index in [4.69, 9.17) is 33.9 Å². The quantitative estimate of drug-likeness (QED) is 0.130. The number of hydrogen-bond donors (Lipinski definition) is 3. The Kier molecular flexibility index (Phi) is 25.8. The lowest BCUT2D eigenvalue weighted by atomic mass is 10.0. The Morgan fingerprint density at radius 3 is 1.06 bits per heavy atom. The highest BCUT2D eigenvalue weighted by molar-refractivity contribution is 9.11. The minimum atomic E-state index is -3.03. The van der Waals surface area contributed by atoms with Crippen molar-refractivity contribution in [2.45, 2.75) is 108 Å². The molecule has 3 N–H and O–H groups in total. The lowest BCUT2D eigenvalue weighted by Crippen LogP contribution is -2.53. The maximum absolute atomic E-state index is 11.8. The molecule has 15 nitrogen and oxygen atoms in total. The van der Waals surface area contributed by atoms with Crippen LogP contribution in [0.15, 0.2) is 66.4 Å². The predicted octanol–water partition coefficient (Wildman–Crippen LogP) is 12.9. The third-order valence-corrected chi connectivity index (χ3v) is 19.1. The van der Waals surface area contributed by atoms with Crippen LogP contribution in [0.1, 0.15) is 86.1 Å². The highest BCUT2D eigenvalue weighted by Gasteiger charge is 2.36.